The molecule has 1 aliphatic rings. The van der Waals surface area contributed by atoms with Crippen LogP contribution in [-0.4, -0.2) is 40.2 Å². The summed E-state index contributed by atoms with van der Waals surface area (Å²) >= 11 is 0. The summed E-state index contributed by atoms with van der Waals surface area (Å²) in [4.78, 5) is 12.5. The van der Waals surface area contributed by atoms with Crippen LogP contribution in [-0.2, 0) is 15.6 Å². The Morgan fingerprint density at radius 1 is 0.971 bits per heavy atom. The predicted molar refractivity (Wildman–Crippen MR) is 141 cm³/mol. The predicted octanol–water partition coefficient (Wildman–Crippen LogP) is 5.54. The van der Waals surface area contributed by atoms with E-state index < -0.39 is 10.0 Å². The van der Waals surface area contributed by atoms with E-state index in [1.165, 1.54) is 4.31 Å². The molecule has 2 aromatic carbocycles. The molecule has 4 heterocycles. The number of pyridine rings is 1. The lowest BCUT2D eigenvalue weighted by Crippen LogP contribution is -2.24. The van der Waals surface area contributed by atoms with Crippen LogP contribution >= 0.6 is 0 Å². The van der Waals surface area contributed by atoms with Gasteiger partial charge in [0.1, 0.15) is 5.65 Å². The highest BCUT2D eigenvalue weighted by molar-refractivity contribution is 7.93. The number of benzene rings is 2. The highest BCUT2D eigenvalue weighted by Crippen LogP contribution is 2.35. The zero-order valence-electron chi connectivity index (χ0n) is 20.0. The van der Waals surface area contributed by atoms with Crippen molar-refractivity contribution in [2.24, 2.45) is 0 Å². The van der Waals surface area contributed by atoms with Crippen LogP contribution in [0.25, 0.3) is 44.3 Å². The molecule has 6 rings (SSSR count). The SMILES string of the molecule is CC(C)(C)n1cnc2ccc(-c3c[nH]c4ncc(-c5cccc(N6CCCS6(=O)=O)c5)cc34)cc21. The molecule has 35 heavy (non-hydrogen) atoms. The number of imidazole rings is 1. The fourth-order valence-corrected chi connectivity index (χ4v) is 6.44. The number of aromatic nitrogens is 4. The van der Waals surface area contributed by atoms with E-state index in [9.17, 15) is 8.42 Å². The van der Waals surface area contributed by atoms with Crippen molar-refractivity contribution in [3.8, 4) is 22.3 Å². The summed E-state index contributed by atoms with van der Waals surface area (Å²) in [5, 5.41) is 1.02. The van der Waals surface area contributed by atoms with Crippen LogP contribution in [0.15, 0.2) is 67.3 Å². The Labute approximate surface area is 204 Å². The van der Waals surface area contributed by atoms with E-state index in [4.69, 9.17) is 0 Å². The number of sulfonamides is 1. The van der Waals surface area contributed by atoms with Crippen LogP contribution in [0.5, 0.6) is 0 Å². The van der Waals surface area contributed by atoms with Crippen molar-refractivity contribution >= 4 is 37.8 Å². The largest absolute Gasteiger partial charge is 0.346 e. The normalized spacial score (nSPS) is 15.9. The second-order valence-corrected chi connectivity index (χ2v) is 12.1. The molecule has 0 amide bonds. The molecule has 0 saturated carbocycles. The number of nitrogens with one attached hydrogen (secondary N) is 1. The van der Waals surface area contributed by atoms with Gasteiger partial charge in [-0.1, -0.05) is 18.2 Å². The van der Waals surface area contributed by atoms with Crippen molar-refractivity contribution in [1.29, 1.82) is 0 Å². The summed E-state index contributed by atoms with van der Waals surface area (Å²) < 4.78 is 28.5. The third kappa shape index (κ3) is 3.69. The summed E-state index contributed by atoms with van der Waals surface area (Å²) in [5.41, 5.74) is 7.54. The Hall–Kier alpha value is -3.65. The quantitative estimate of drug-likeness (QED) is 0.364. The Balaban J connectivity index is 1.44. The maximum atomic E-state index is 12.4. The van der Waals surface area contributed by atoms with Crippen molar-refractivity contribution < 1.29 is 8.42 Å². The average Bonchev–Trinajstić information content (AvgIpc) is 3.53. The third-order valence-electron chi connectivity index (χ3n) is 6.68. The number of anilines is 1. The second-order valence-electron chi connectivity index (χ2n) is 10.1. The van der Waals surface area contributed by atoms with Gasteiger partial charge in [0, 0.05) is 41.0 Å². The molecule has 0 spiro atoms. The van der Waals surface area contributed by atoms with Crippen molar-refractivity contribution in [3.63, 3.8) is 0 Å². The Morgan fingerprint density at radius 2 is 1.83 bits per heavy atom. The zero-order valence-corrected chi connectivity index (χ0v) is 20.8. The molecule has 1 fully saturated rings. The number of hydrogen-bond acceptors (Lipinski definition) is 4. The van der Waals surface area contributed by atoms with E-state index in [-0.39, 0.29) is 11.3 Å². The molecule has 0 bridgehead atoms. The molecular formula is C27H27N5O2S. The van der Waals surface area contributed by atoms with Crippen molar-refractivity contribution in [1.82, 2.24) is 19.5 Å². The Kier molecular flexibility index (Phi) is 4.79. The first kappa shape index (κ1) is 21.9. The average molecular weight is 486 g/mol. The van der Waals surface area contributed by atoms with Crippen molar-refractivity contribution in [3.05, 3.63) is 67.3 Å². The van der Waals surface area contributed by atoms with Crippen LogP contribution in [0.3, 0.4) is 0 Å². The van der Waals surface area contributed by atoms with E-state index in [0.29, 0.717) is 18.7 Å². The summed E-state index contributed by atoms with van der Waals surface area (Å²) in [6.07, 6.45) is 6.38. The Morgan fingerprint density at radius 3 is 2.60 bits per heavy atom. The van der Waals surface area contributed by atoms with Gasteiger partial charge in [-0.3, -0.25) is 4.31 Å². The van der Waals surface area contributed by atoms with Crippen LogP contribution in [0, 0.1) is 0 Å². The summed E-state index contributed by atoms with van der Waals surface area (Å²) in [7, 11) is -3.23. The van der Waals surface area contributed by atoms with E-state index in [1.807, 2.05) is 43.0 Å². The van der Waals surface area contributed by atoms with Gasteiger partial charge in [-0.15, -0.1) is 0 Å². The minimum atomic E-state index is -3.23. The minimum absolute atomic E-state index is 0.0733. The van der Waals surface area contributed by atoms with Gasteiger partial charge in [-0.05, 0) is 68.7 Å². The number of hydrogen-bond donors (Lipinski definition) is 1. The fourth-order valence-electron chi connectivity index (χ4n) is 4.88. The van der Waals surface area contributed by atoms with Crippen molar-refractivity contribution in [2.75, 3.05) is 16.6 Å². The second kappa shape index (κ2) is 7.68. The molecule has 1 aliphatic heterocycles. The van der Waals surface area contributed by atoms with E-state index >= 15 is 0 Å². The number of rotatable bonds is 3. The molecule has 0 atom stereocenters. The summed E-state index contributed by atoms with van der Waals surface area (Å²) in [6.45, 7) is 7.04. The fraction of sp³-hybridized carbons (Fsp3) is 0.259. The molecule has 8 heteroatoms. The zero-order chi connectivity index (χ0) is 24.4. The molecule has 1 saturated heterocycles. The van der Waals surface area contributed by atoms with Crippen LogP contribution in [0.2, 0.25) is 0 Å². The molecule has 0 aliphatic carbocycles. The van der Waals surface area contributed by atoms with Crippen LogP contribution < -0.4 is 4.31 Å². The van der Waals surface area contributed by atoms with Crippen LogP contribution in [0.4, 0.5) is 5.69 Å². The van der Waals surface area contributed by atoms with E-state index in [2.05, 4.69) is 64.6 Å². The van der Waals surface area contributed by atoms with Gasteiger partial charge in [0.2, 0.25) is 10.0 Å². The number of fused-ring (bicyclic) bond motifs is 2. The molecule has 0 unspecified atom stereocenters. The number of H-pyrrole nitrogens is 1. The molecule has 5 aromatic rings. The lowest BCUT2D eigenvalue weighted by molar-refractivity contribution is 0.408. The van der Waals surface area contributed by atoms with Gasteiger partial charge in [0.05, 0.1) is 28.8 Å². The molecule has 7 nitrogen and oxygen atoms in total. The minimum Gasteiger partial charge on any atom is -0.346 e. The van der Waals surface area contributed by atoms with Gasteiger partial charge in [0.15, 0.2) is 0 Å². The van der Waals surface area contributed by atoms with Crippen molar-refractivity contribution in [2.45, 2.75) is 32.7 Å². The maximum absolute atomic E-state index is 12.4. The molecular weight excluding hydrogens is 458 g/mol. The summed E-state index contributed by atoms with van der Waals surface area (Å²) in [5.74, 6) is 0.204. The van der Waals surface area contributed by atoms with E-state index in [1.54, 1.807) is 0 Å². The van der Waals surface area contributed by atoms with Gasteiger partial charge in [-0.25, -0.2) is 18.4 Å². The smallest absolute Gasteiger partial charge is 0.235 e. The van der Waals surface area contributed by atoms with Crippen LogP contribution in [0.1, 0.15) is 27.2 Å². The van der Waals surface area contributed by atoms with Gasteiger partial charge < -0.3 is 9.55 Å². The number of nitrogens with zero attached hydrogens (tertiary/aromatic N) is 4. The standard InChI is InChI=1S/C27H27N5O2S/c1-27(2,3)31-17-30-24-9-8-19(14-25(24)31)23-16-29-26-22(23)13-20(15-28-26)18-6-4-7-21(12-18)32-10-5-11-35(32,33)34/h4,6-9,12-17H,5,10-11H2,1-3H3,(H,28,29). The molecule has 0 radical (unpaired) electrons. The van der Waals surface area contributed by atoms with Gasteiger partial charge >= 0.3 is 0 Å². The topological polar surface area (TPSA) is 83.9 Å². The van der Waals surface area contributed by atoms with Gasteiger partial charge in [-0.2, -0.15) is 0 Å². The first-order valence-corrected chi connectivity index (χ1v) is 13.4. The molecule has 1 N–H and O–H groups in total. The monoisotopic (exact) mass is 485 g/mol. The molecule has 3 aromatic heterocycles. The maximum Gasteiger partial charge on any atom is 0.235 e. The first-order chi connectivity index (χ1) is 16.7. The lowest BCUT2D eigenvalue weighted by Gasteiger charge is -2.21. The Bertz CT molecular complexity index is 1690. The van der Waals surface area contributed by atoms with Gasteiger partial charge in [0.25, 0.3) is 0 Å². The first-order valence-electron chi connectivity index (χ1n) is 11.8. The summed E-state index contributed by atoms with van der Waals surface area (Å²) in [6, 6.07) is 16.1. The van der Waals surface area contributed by atoms with E-state index in [0.717, 1.165) is 44.3 Å². The highest BCUT2D eigenvalue weighted by atomic mass is 32.2. The lowest BCUT2D eigenvalue weighted by atomic mass is 10.0. The highest BCUT2D eigenvalue weighted by Gasteiger charge is 2.28. The number of aromatic amines is 1. The third-order valence-corrected chi connectivity index (χ3v) is 8.55. The molecule has 178 valence electrons.